The van der Waals surface area contributed by atoms with Gasteiger partial charge >= 0.3 is 18.4 Å². The zero-order valence-electron chi connectivity index (χ0n) is 27.1. The lowest BCUT2D eigenvalue weighted by molar-refractivity contribution is -0.144. The molecule has 0 aromatic heterocycles. The molecule has 3 atom stereocenters. The Labute approximate surface area is 279 Å². The highest BCUT2D eigenvalue weighted by Crippen LogP contribution is 2.47. The summed E-state index contributed by atoms with van der Waals surface area (Å²) in [4.78, 5) is 32.3. The van der Waals surface area contributed by atoms with Crippen LogP contribution in [0.25, 0.3) is 0 Å². The number of piperidine rings is 1. The summed E-state index contributed by atoms with van der Waals surface area (Å²) in [6, 6.07) is 16.8. The summed E-state index contributed by atoms with van der Waals surface area (Å²) in [6.07, 6.45) is -10.8. The number of urea groups is 1. The number of alkyl halides is 6. The molecule has 2 aliphatic rings. The van der Waals surface area contributed by atoms with Crippen LogP contribution in [0, 0.1) is 0 Å². The first-order chi connectivity index (χ1) is 23.1. The van der Waals surface area contributed by atoms with Crippen molar-refractivity contribution in [2.45, 2.75) is 55.8 Å². The van der Waals surface area contributed by atoms with Gasteiger partial charge in [-0.3, -0.25) is 14.6 Å². The molecule has 0 radical (unpaired) electrons. The zero-order chi connectivity index (χ0) is 35.8. The van der Waals surface area contributed by atoms with Crippen molar-refractivity contribution in [2.24, 2.45) is 0 Å². The number of likely N-dealkylation sites (tertiary alicyclic amines) is 1. The fourth-order valence-corrected chi connectivity index (χ4v) is 6.82. The van der Waals surface area contributed by atoms with Crippen LogP contribution >= 0.6 is 0 Å². The van der Waals surface area contributed by atoms with Crippen molar-refractivity contribution in [1.29, 1.82) is 0 Å². The van der Waals surface area contributed by atoms with E-state index in [2.05, 4.69) is 0 Å². The molecule has 1 spiro atoms. The fourth-order valence-electron chi connectivity index (χ4n) is 6.82. The summed E-state index contributed by atoms with van der Waals surface area (Å²) in [5.74, 6) is 0.172. The molecule has 5 rings (SSSR count). The number of methoxy groups -OCH3 is 1. The van der Waals surface area contributed by atoms with Gasteiger partial charge in [0.25, 0.3) is 5.91 Å². The number of imide groups is 1. The number of carbonyl (C=O) groups is 2. The molecular formula is C35H37F6N3O5. The number of benzene rings is 3. The molecule has 3 aromatic carbocycles. The SMILES string of the molecule is COc1ccc(CN2C(=O)N(CCO)C3(CC[C@@](CO[C@H](C)c4cc(C(F)(F)F)cc(C(F)(F)F)c4)(c4ccccc4)N(C)C3)C2=O)cc1. The van der Waals surface area contributed by atoms with Gasteiger partial charge in [-0.2, -0.15) is 26.3 Å². The molecule has 1 unspecified atom stereocenters. The van der Waals surface area contributed by atoms with Crippen molar-refractivity contribution in [3.05, 3.63) is 101 Å². The number of ether oxygens (including phenoxy) is 2. The van der Waals surface area contributed by atoms with Crippen LogP contribution in [0.5, 0.6) is 5.75 Å². The summed E-state index contributed by atoms with van der Waals surface area (Å²) in [7, 11) is 3.25. The predicted molar refractivity (Wildman–Crippen MR) is 166 cm³/mol. The number of carbonyl (C=O) groups excluding carboxylic acids is 2. The van der Waals surface area contributed by atoms with Gasteiger partial charge < -0.3 is 19.5 Å². The molecule has 2 fully saturated rings. The zero-order valence-corrected chi connectivity index (χ0v) is 27.1. The normalized spacial score (nSPS) is 22.7. The van der Waals surface area contributed by atoms with Crippen molar-refractivity contribution in [3.8, 4) is 5.75 Å². The lowest BCUT2D eigenvalue weighted by Crippen LogP contribution is -2.65. The van der Waals surface area contributed by atoms with E-state index in [9.17, 15) is 41.0 Å². The van der Waals surface area contributed by atoms with Gasteiger partial charge in [0.1, 0.15) is 11.3 Å². The average molecular weight is 694 g/mol. The minimum absolute atomic E-state index is 0.00356. The fraction of sp³-hybridized carbons (Fsp3) is 0.429. The Kier molecular flexibility index (Phi) is 10.1. The third-order valence-corrected chi connectivity index (χ3v) is 9.59. The molecule has 0 saturated carbocycles. The maximum absolute atomic E-state index is 14.2. The van der Waals surface area contributed by atoms with Gasteiger partial charge in [0.15, 0.2) is 0 Å². The number of hydrogen-bond donors (Lipinski definition) is 1. The summed E-state index contributed by atoms with van der Waals surface area (Å²) in [5, 5.41) is 9.91. The lowest BCUT2D eigenvalue weighted by atomic mass is 9.74. The topological polar surface area (TPSA) is 82.6 Å². The molecule has 264 valence electrons. The Morgan fingerprint density at radius 3 is 2.04 bits per heavy atom. The van der Waals surface area contributed by atoms with Crippen molar-refractivity contribution in [3.63, 3.8) is 0 Å². The van der Waals surface area contributed by atoms with Gasteiger partial charge in [0.05, 0.1) is 49.6 Å². The van der Waals surface area contributed by atoms with Crippen LogP contribution in [-0.4, -0.2) is 77.7 Å². The number of nitrogens with zero attached hydrogens (tertiary/aromatic N) is 3. The Hall–Kier alpha value is -4.14. The number of aliphatic hydroxyl groups is 1. The molecule has 0 bridgehead atoms. The van der Waals surface area contributed by atoms with Crippen LogP contribution in [0.4, 0.5) is 31.1 Å². The van der Waals surface area contributed by atoms with E-state index in [4.69, 9.17) is 9.47 Å². The maximum atomic E-state index is 14.2. The molecular weight excluding hydrogens is 656 g/mol. The summed E-state index contributed by atoms with van der Waals surface area (Å²) in [5.41, 5.74) is -4.04. The van der Waals surface area contributed by atoms with E-state index < -0.39 is 52.6 Å². The van der Waals surface area contributed by atoms with E-state index >= 15 is 0 Å². The minimum atomic E-state index is -5.01. The van der Waals surface area contributed by atoms with Crippen LogP contribution in [0.15, 0.2) is 72.8 Å². The monoisotopic (exact) mass is 693 g/mol. The Morgan fingerprint density at radius 2 is 1.51 bits per heavy atom. The number of amides is 3. The highest BCUT2D eigenvalue weighted by atomic mass is 19.4. The molecule has 8 nitrogen and oxygen atoms in total. The van der Waals surface area contributed by atoms with E-state index in [0.717, 1.165) is 10.5 Å². The molecule has 3 aromatic rings. The summed E-state index contributed by atoms with van der Waals surface area (Å²) >= 11 is 0. The number of halogens is 6. The molecule has 0 aliphatic carbocycles. The first-order valence-electron chi connectivity index (χ1n) is 15.6. The number of β-amino-alcohol motifs (C(OH)–C–C–N with tert-alkyl or cyclic N) is 1. The van der Waals surface area contributed by atoms with Crippen molar-refractivity contribution in [2.75, 3.05) is 40.5 Å². The molecule has 2 aliphatic heterocycles. The number of hydrogen-bond acceptors (Lipinski definition) is 6. The van der Waals surface area contributed by atoms with Gasteiger partial charge in [-0.1, -0.05) is 42.5 Å². The summed E-state index contributed by atoms with van der Waals surface area (Å²) < 4.78 is 92.8. The van der Waals surface area contributed by atoms with Crippen LogP contribution in [0.2, 0.25) is 0 Å². The second-order valence-electron chi connectivity index (χ2n) is 12.5. The smallest absolute Gasteiger partial charge is 0.416 e. The second kappa shape index (κ2) is 13.6. The molecule has 14 heteroatoms. The molecule has 2 heterocycles. The highest BCUT2D eigenvalue weighted by Gasteiger charge is 2.61. The number of aliphatic hydroxyl groups excluding tert-OH is 1. The first-order valence-corrected chi connectivity index (χ1v) is 15.6. The average Bonchev–Trinajstić information content (AvgIpc) is 3.25. The standard InChI is InChI=1S/C35H37F6N3O5/c1-23(25-17-27(34(36,37)38)19-28(18-25)35(39,40)41)49-22-33(26-7-5-4-6-8-26)14-13-32(21-42(33)2)30(46)43(31(47)44(32)15-16-45)20-24-9-11-29(48-3)12-10-24/h4-12,17-19,23,45H,13-16,20-22H2,1-3H3/t23-,32?,33-/m1/s1. The molecule has 1 N–H and O–H groups in total. The highest BCUT2D eigenvalue weighted by molar-refractivity contribution is 6.07. The molecule has 3 amide bonds. The Bertz CT molecular complexity index is 1620. The summed E-state index contributed by atoms with van der Waals surface area (Å²) in [6.45, 7) is 0.766. The van der Waals surface area contributed by atoms with Crippen LogP contribution in [0.1, 0.15) is 53.7 Å². The van der Waals surface area contributed by atoms with Gasteiger partial charge in [-0.05, 0) is 73.8 Å². The lowest BCUT2D eigenvalue weighted by Gasteiger charge is -2.52. The Balaban J connectivity index is 1.45. The molecule has 49 heavy (non-hydrogen) atoms. The van der Waals surface area contributed by atoms with Gasteiger partial charge in [-0.25, -0.2) is 4.79 Å². The third-order valence-electron chi connectivity index (χ3n) is 9.59. The largest absolute Gasteiger partial charge is 0.497 e. The van der Waals surface area contributed by atoms with E-state index in [1.54, 1.807) is 49.5 Å². The Morgan fingerprint density at radius 1 is 0.898 bits per heavy atom. The van der Waals surface area contributed by atoms with Crippen LogP contribution < -0.4 is 4.74 Å². The predicted octanol–water partition coefficient (Wildman–Crippen LogP) is 6.63. The minimum Gasteiger partial charge on any atom is -0.497 e. The number of rotatable bonds is 10. The van der Waals surface area contributed by atoms with Crippen molar-refractivity contribution in [1.82, 2.24) is 14.7 Å². The van der Waals surface area contributed by atoms with E-state index in [1.807, 2.05) is 17.0 Å². The molecule has 2 saturated heterocycles. The first kappa shape index (κ1) is 36.1. The van der Waals surface area contributed by atoms with Crippen LogP contribution in [0.3, 0.4) is 0 Å². The van der Waals surface area contributed by atoms with Gasteiger partial charge in [-0.15, -0.1) is 0 Å². The van der Waals surface area contributed by atoms with Crippen LogP contribution in [-0.2, 0) is 34.0 Å². The van der Waals surface area contributed by atoms with Crippen molar-refractivity contribution >= 4 is 11.9 Å². The van der Waals surface area contributed by atoms with E-state index in [0.29, 0.717) is 23.4 Å². The van der Waals surface area contributed by atoms with Gasteiger partial charge in [0.2, 0.25) is 0 Å². The number of likely N-dealkylation sites (N-methyl/N-ethyl adjacent to an activating group) is 1. The van der Waals surface area contributed by atoms with Crippen molar-refractivity contribution < 1.29 is 50.5 Å². The van der Waals surface area contributed by atoms with E-state index in [-0.39, 0.29) is 57.3 Å². The van der Waals surface area contributed by atoms with E-state index in [1.165, 1.54) is 18.9 Å². The van der Waals surface area contributed by atoms with Gasteiger partial charge in [0, 0.05) is 13.1 Å². The maximum Gasteiger partial charge on any atom is 0.416 e. The third kappa shape index (κ3) is 6.99. The quantitative estimate of drug-likeness (QED) is 0.190. The second-order valence-corrected chi connectivity index (χ2v) is 12.5.